The zero-order chi connectivity index (χ0) is 8.57. The summed E-state index contributed by atoms with van der Waals surface area (Å²) in [6.45, 7) is 3.76. The van der Waals surface area contributed by atoms with Crippen LogP contribution in [0.3, 0.4) is 0 Å². The zero-order valence-corrected chi connectivity index (χ0v) is 14.3. The van der Waals surface area contributed by atoms with E-state index in [4.69, 9.17) is 15.0 Å². The fraction of sp³-hybridized carbons (Fsp3) is 0.667. The van der Waals surface area contributed by atoms with Crippen LogP contribution in [-0.2, 0) is 4.79 Å². The molecule has 60 valence electrons. The number of carbonyl (C=O) groups is 2. The molecular formula is C6H10K2O4. The molecule has 4 nitrogen and oxygen atoms in total. The zero-order valence-electron chi connectivity index (χ0n) is 8.05. The van der Waals surface area contributed by atoms with Crippen molar-refractivity contribution in [3.63, 3.8) is 0 Å². The molecule has 0 aliphatic rings. The minimum absolute atomic E-state index is 0. The van der Waals surface area contributed by atoms with Crippen LogP contribution < -0.4 is 113 Å². The molecule has 0 spiro atoms. The second kappa shape index (κ2) is 18.9. The number of rotatable bonds is 2. The summed E-state index contributed by atoms with van der Waals surface area (Å²) in [5.41, 5.74) is 0. The average molecular weight is 224 g/mol. The summed E-state index contributed by atoms with van der Waals surface area (Å²) in [5.74, 6) is 0.343. The van der Waals surface area contributed by atoms with Crippen LogP contribution in [0.2, 0.25) is 0 Å². The maximum atomic E-state index is 10.2. The van der Waals surface area contributed by atoms with Crippen LogP contribution in [0.25, 0.3) is 0 Å². The number of hydrogen-bond acceptors (Lipinski definition) is 4. The molecule has 0 heterocycles. The van der Waals surface area contributed by atoms with Crippen LogP contribution in [0.15, 0.2) is 0 Å². The predicted molar refractivity (Wildman–Crippen MR) is 31.0 cm³/mol. The molecule has 0 fully saturated rings. The van der Waals surface area contributed by atoms with Crippen LogP contribution in [0.4, 0.5) is 4.79 Å². The monoisotopic (exact) mass is 224 g/mol. The molecule has 0 aliphatic carbocycles. The van der Waals surface area contributed by atoms with E-state index in [2.05, 4.69) is 0 Å². The first-order chi connectivity index (χ1) is 4.54. The van der Waals surface area contributed by atoms with Gasteiger partial charge in [-0.3, -0.25) is 4.79 Å². The molecule has 0 aromatic rings. The van der Waals surface area contributed by atoms with Gasteiger partial charge in [0, 0.05) is 12.8 Å². The summed E-state index contributed by atoms with van der Waals surface area (Å²) in [4.78, 5) is 18.5. The molecule has 0 atom stereocenters. The fourth-order valence-electron chi connectivity index (χ4n) is 0.250. The summed E-state index contributed by atoms with van der Waals surface area (Å²) < 4.78 is 0. The van der Waals surface area contributed by atoms with Crippen LogP contribution >= 0.6 is 0 Å². The number of carbonyl (C=O) groups excluding carboxylic acids is 2. The first-order valence-electron chi connectivity index (χ1n) is 2.94. The van der Waals surface area contributed by atoms with Crippen LogP contribution in [0, 0.1) is 0 Å². The SMILES string of the molecule is CCC(=O)CC.O=C([O-])[O-].[K+].[K+]. The van der Waals surface area contributed by atoms with Gasteiger partial charge in [-0.1, -0.05) is 13.8 Å². The Morgan fingerprint density at radius 1 is 1.00 bits per heavy atom. The molecule has 0 N–H and O–H groups in total. The van der Waals surface area contributed by atoms with E-state index in [0.717, 1.165) is 0 Å². The maximum absolute atomic E-state index is 10.2. The van der Waals surface area contributed by atoms with Gasteiger partial charge >= 0.3 is 103 Å². The van der Waals surface area contributed by atoms with E-state index >= 15 is 0 Å². The van der Waals surface area contributed by atoms with Crippen LogP contribution in [0.5, 0.6) is 0 Å². The Kier molecular flexibility index (Phi) is 37.5. The van der Waals surface area contributed by atoms with Gasteiger partial charge in [-0.15, -0.1) is 0 Å². The standard InChI is InChI=1S/C5H10O.CH2O3.2K/c1-3-5(6)4-2;2-1(3)4;;/h3-4H2,1-2H3;(H2,2,3,4);;/q;;2*+1/p-2. The topological polar surface area (TPSA) is 80.3 Å². The Morgan fingerprint density at radius 2 is 1.17 bits per heavy atom. The van der Waals surface area contributed by atoms with Crippen LogP contribution in [-0.4, -0.2) is 11.9 Å². The third-order valence-corrected chi connectivity index (χ3v) is 0.789. The third kappa shape index (κ3) is 39.8. The van der Waals surface area contributed by atoms with Gasteiger partial charge in [0.15, 0.2) is 0 Å². The predicted octanol–water partition coefficient (Wildman–Crippen LogP) is -7.06. The molecule has 0 radical (unpaired) electrons. The minimum Gasteiger partial charge on any atom is -0.652 e. The molecular weight excluding hydrogens is 214 g/mol. The van der Waals surface area contributed by atoms with Gasteiger partial charge in [-0.2, -0.15) is 0 Å². The van der Waals surface area contributed by atoms with Crippen molar-refractivity contribution in [1.82, 2.24) is 0 Å². The van der Waals surface area contributed by atoms with Gasteiger partial charge in [-0.25, -0.2) is 0 Å². The average Bonchev–Trinajstić information content (AvgIpc) is 1.85. The van der Waals surface area contributed by atoms with E-state index < -0.39 is 6.16 Å². The largest absolute Gasteiger partial charge is 1.00 e. The summed E-state index contributed by atoms with van der Waals surface area (Å²) >= 11 is 0. The molecule has 0 saturated carbocycles. The number of carboxylic acid groups (broad SMARTS) is 2. The van der Waals surface area contributed by atoms with Crippen molar-refractivity contribution in [3.05, 3.63) is 0 Å². The fourth-order valence-corrected chi connectivity index (χ4v) is 0.250. The molecule has 0 saturated heterocycles. The molecule has 6 heteroatoms. The molecule has 0 unspecified atom stereocenters. The van der Waals surface area contributed by atoms with Gasteiger partial charge in [0.05, 0.1) is 0 Å². The quantitative estimate of drug-likeness (QED) is 0.437. The van der Waals surface area contributed by atoms with Crippen molar-refractivity contribution in [2.75, 3.05) is 0 Å². The molecule has 12 heavy (non-hydrogen) atoms. The first kappa shape index (κ1) is 23.8. The molecule has 0 amide bonds. The van der Waals surface area contributed by atoms with E-state index in [1.807, 2.05) is 13.8 Å². The number of ketones is 1. The van der Waals surface area contributed by atoms with Crippen LogP contribution in [0.1, 0.15) is 26.7 Å². The van der Waals surface area contributed by atoms with Crippen molar-refractivity contribution in [2.24, 2.45) is 0 Å². The van der Waals surface area contributed by atoms with Gasteiger partial charge in [0.25, 0.3) is 0 Å². The second-order valence-corrected chi connectivity index (χ2v) is 1.50. The molecule has 0 aromatic heterocycles. The van der Waals surface area contributed by atoms with Gasteiger partial charge < -0.3 is 15.0 Å². The van der Waals surface area contributed by atoms with Gasteiger partial charge in [0.1, 0.15) is 5.78 Å². The summed E-state index contributed by atoms with van der Waals surface area (Å²) in [7, 11) is 0. The van der Waals surface area contributed by atoms with E-state index in [1.54, 1.807) is 0 Å². The van der Waals surface area contributed by atoms with E-state index in [0.29, 0.717) is 18.6 Å². The van der Waals surface area contributed by atoms with Crippen molar-refractivity contribution < 1.29 is 123 Å². The molecule has 0 aliphatic heterocycles. The van der Waals surface area contributed by atoms with Gasteiger partial charge in [-0.05, 0) is 6.16 Å². The minimum atomic E-state index is -2.33. The molecule has 0 bridgehead atoms. The second-order valence-electron chi connectivity index (χ2n) is 1.50. The molecule has 0 rings (SSSR count). The number of Topliss-reactive ketones (excluding diaryl/α,β-unsaturated/α-hetero) is 1. The Hall–Kier alpha value is 2.21. The van der Waals surface area contributed by atoms with E-state index in [1.165, 1.54) is 0 Å². The Balaban J connectivity index is -0.0000000483. The summed E-state index contributed by atoms with van der Waals surface area (Å²) in [6, 6.07) is 0. The first-order valence-corrected chi connectivity index (χ1v) is 2.94. The summed E-state index contributed by atoms with van der Waals surface area (Å²) in [5, 5.41) is 16.7. The third-order valence-electron chi connectivity index (χ3n) is 0.789. The van der Waals surface area contributed by atoms with Gasteiger partial charge in [0.2, 0.25) is 0 Å². The van der Waals surface area contributed by atoms with Crippen molar-refractivity contribution in [1.29, 1.82) is 0 Å². The van der Waals surface area contributed by atoms with Crippen molar-refractivity contribution >= 4 is 11.9 Å². The smallest absolute Gasteiger partial charge is 0.652 e. The van der Waals surface area contributed by atoms with E-state index in [-0.39, 0.29) is 103 Å². The Bertz CT molecular complexity index is 106. The van der Waals surface area contributed by atoms with Crippen molar-refractivity contribution in [2.45, 2.75) is 26.7 Å². The normalized spacial score (nSPS) is 6.17. The summed E-state index contributed by atoms with van der Waals surface area (Å²) in [6.07, 6.45) is -0.951. The number of hydrogen-bond donors (Lipinski definition) is 0. The maximum Gasteiger partial charge on any atom is 1.00 e. The van der Waals surface area contributed by atoms with Crippen molar-refractivity contribution in [3.8, 4) is 0 Å². The van der Waals surface area contributed by atoms with E-state index in [9.17, 15) is 4.79 Å². The molecule has 0 aromatic carbocycles. The Morgan fingerprint density at radius 3 is 1.17 bits per heavy atom. The Labute approximate surface area is 157 Å².